The van der Waals surface area contributed by atoms with Crippen molar-refractivity contribution in [3.63, 3.8) is 0 Å². The second-order valence-electron chi connectivity index (χ2n) is 3.07. The number of hydrogen-bond donors (Lipinski definition) is 0. The van der Waals surface area contributed by atoms with Gasteiger partial charge in [0, 0.05) is 0 Å². The number of rotatable bonds is 2. The predicted molar refractivity (Wildman–Crippen MR) is 50.2 cm³/mol. The summed E-state index contributed by atoms with van der Waals surface area (Å²) in [6, 6.07) is 4.35. The largest absolute Gasteiger partial charge is 0.418 e. The fourth-order valence-corrected chi connectivity index (χ4v) is 1.05. The van der Waals surface area contributed by atoms with Gasteiger partial charge >= 0.3 is 6.18 Å². The third kappa shape index (κ3) is 3.01. The fourth-order valence-electron chi connectivity index (χ4n) is 1.05. The molecule has 0 N–H and O–H groups in total. The van der Waals surface area contributed by atoms with E-state index in [2.05, 4.69) is 4.99 Å². The molecule has 1 nitrogen and oxygen atoms in total. The van der Waals surface area contributed by atoms with Crippen molar-refractivity contribution in [2.45, 2.75) is 19.5 Å². The summed E-state index contributed by atoms with van der Waals surface area (Å²) in [5, 5.41) is 0. The topological polar surface area (TPSA) is 12.4 Å². The molecule has 1 aromatic rings. The number of aliphatic imine (C=N–C) groups is 1. The van der Waals surface area contributed by atoms with Crippen molar-refractivity contribution in [1.29, 1.82) is 0 Å². The van der Waals surface area contributed by atoms with Crippen LogP contribution in [-0.4, -0.2) is 12.1 Å². The van der Waals surface area contributed by atoms with Crippen LogP contribution in [0, 0.1) is 0 Å². The van der Waals surface area contributed by atoms with Gasteiger partial charge in [-0.25, -0.2) is 8.78 Å². The highest BCUT2D eigenvalue weighted by Gasteiger charge is 2.33. The lowest BCUT2D eigenvalue weighted by atomic mass is 10.1. The summed E-state index contributed by atoms with van der Waals surface area (Å²) in [7, 11) is 0. The number of alkyl halides is 5. The Morgan fingerprint density at radius 3 is 2.25 bits per heavy atom. The van der Waals surface area contributed by atoms with E-state index in [-0.39, 0.29) is 0 Å². The monoisotopic (exact) mass is 237 g/mol. The molecule has 6 heteroatoms. The quantitative estimate of drug-likeness (QED) is 0.543. The second kappa shape index (κ2) is 4.59. The van der Waals surface area contributed by atoms with Crippen LogP contribution in [-0.2, 0) is 6.18 Å². The Labute approximate surface area is 88.6 Å². The van der Waals surface area contributed by atoms with Crippen LogP contribution in [0.5, 0.6) is 0 Å². The van der Waals surface area contributed by atoms with Gasteiger partial charge in [0.15, 0.2) is 0 Å². The molecule has 0 fully saturated rings. The summed E-state index contributed by atoms with van der Waals surface area (Å²) in [5.41, 5.74) is -2.15. The van der Waals surface area contributed by atoms with E-state index in [0.717, 1.165) is 19.1 Å². The van der Waals surface area contributed by atoms with Crippen molar-refractivity contribution in [2.75, 3.05) is 0 Å². The van der Waals surface area contributed by atoms with Crippen LogP contribution in [0.2, 0.25) is 0 Å². The van der Waals surface area contributed by atoms with Gasteiger partial charge < -0.3 is 0 Å². The van der Waals surface area contributed by atoms with Gasteiger partial charge in [-0.1, -0.05) is 12.1 Å². The molecule has 0 unspecified atom stereocenters. The van der Waals surface area contributed by atoms with Gasteiger partial charge in [-0.3, -0.25) is 4.99 Å². The molecular weight excluding hydrogens is 229 g/mol. The normalized spacial score (nSPS) is 13.3. The molecule has 0 bridgehead atoms. The molecule has 0 aliphatic rings. The van der Waals surface area contributed by atoms with Crippen molar-refractivity contribution in [2.24, 2.45) is 4.99 Å². The average Bonchev–Trinajstić information content (AvgIpc) is 2.16. The highest BCUT2D eigenvalue weighted by atomic mass is 19.4. The van der Waals surface area contributed by atoms with Crippen LogP contribution >= 0.6 is 0 Å². The molecule has 0 radical (unpaired) electrons. The molecule has 0 amide bonds. The standard InChI is InChI=1S/C10H8F5N/c1-6(9(11)12)16-8-5-3-2-4-7(8)10(13,14)15/h2-5,9H,1H3. The lowest BCUT2D eigenvalue weighted by molar-refractivity contribution is -0.137. The minimum atomic E-state index is -4.59. The second-order valence-corrected chi connectivity index (χ2v) is 3.07. The van der Waals surface area contributed by atoms with Crippen molar-refractivity contribution in [1.82, 2.24) is 0 Å². The molecule has 1 rings (SSSR count). The van der Waals surface area contributed by atoms with Gasteiger partial charge in [-0.05, 0) is 19.1 Å². The number of hydrogen-bond acceptors (Lipinski definition) is 1. The number of halogens is 5. The van der Waals surface area contributed by atoms with Gasteiger partial charge in [-0.2, -0.15) is 13.2 Å². The maximum absolute atomic E-state index is 12.4. The first-order valence-electron chi connectivity index (χ1n) is 4.32. The average molecular weight is 237 g/mol. The third-order valence-corrected chi connectivity index (χ3v) is 1.82. The minimum absolute atomic E-state index is 0.493. The van der Waals surface area contributed by atoms with Crippen LogP contribution in [0.4, 0.5) is 27.6 Å². The summed E-state index contributed by atoms with van der Waals surface area (Å²) in [6.07, 6.45) is -7.45. The van der Waals surface area contributed by atoms with E-state index in [1.165, 1.54) is 12.1 Å². The fraction of sp³-hybridized carbons (Fsp3) is 0.300. The van der Waals surface area contributed by atoms with Gasteiger partial charge in [0.25, 0.3) is 6.43 Å². The Kier molecular flexibility index (Phi) is 3.62. The van der Waals surface area contributed by atoms with Crippen LogP contribution < -0.4 is 0 Å². The summed E-state index contributed by atoms with van der Waals surface area (Å²) in [4.78, 5) is 3.27. The molecule has 0 atom stereocenters. The number of benzene rings is 1. The summed E-state index contributed by atoms with van der Waals surface area (Å²) < 4.78 is 61.6. The van der Waals surface area contributed by atoms with Gasteiger partial charge in [0.1, 0.15) is 0 Å². The number of nitrogens with zero attached hydrogens (tertiary/aromatic N) is 1. The Morgan fingerprint density at radius 2 is 1.75 bits per heavy atom. The minimum Gasteiger partial charge on any atom is -0.252 e. The Balaban J connectivity index is 3.20. The maximum atomic E-state index is 12.4. The SMILES string of the molecule is CC(=Nc1ccccc1C(F)(F)F)C(F)F. The van der Waals surface area contributed by atoms with Crippen LogP contribution in [0.25, 0.3) is 0 Å². The Morgan fingerprint density at radius 1 is 1.19 bits per heavy atom. The first-order valence-corrected chi connectivity index (χ1v) is 4.32. The molecule has 16 heavy (non-hydrogen) atoms. The Hall–Kier alpha value is -1.46. The lowest BCUT2D eigenvalue weighted by Gasteiger charge is -2.09. The van der Waals surface area contributed by atoms with Crippen molar-refractivity contribution in [3.05, 3.63) is 29.8 Å². The molecular formula is C10H8F5N. The van der Waals surface area contributed by atoms with Crippen molar-refractivity contribution >= 4 is 11.4 Å². The summed E-state index contributed by atoms with van der Waals surface area (Å²) >= 11 is 0. The first kappa shape index (κ1) is 12.6. The molecule has 0 aromatic heterocycles. The highest BCUT2D eigenvalue weighted by Crippen LogP contribution is 2.36. The zero-order valence-corrected chi connectivity index (χ0v) is 8.22. The number of para-hydroxylation sites is 1. The van der Waals surface area contributed by atoms with Crippen LogP contribution in [0.1, 0.15) is 12.5 Å². The summed E-state index contributed by atoms with van der Waals surface area (Å²) in [5.74, 6) is 0. The zero-order chi connectivity index (χ0) is 12.3. The smallest absolute Gasteiger partial charge is 0.252 e. The van der Waals surface area contributed by atoms with Gasteiger partial charge in [0.05, 0.1) is 17.0 Å². The Bertz CT molecular complexity index is 394. The van der Waals surface area contributed by atoms with Crippen LogP contribution in [0.3, 0.4) is 0 Å². The first-order chi connectivity index (χ1) is 7.32. The van der Waals surface area contributed by atoms with Crippen molar-refractivity contribution in [3.8, 4) is 0 Å². The molecule has 0 aliphatic heterocycles. The van der Waals surface area contributed by atoms with E-state index in [9.17, 15) is 22.0 Å². The van der Waals surface area contributed by atoms with Crippen molar-refractivity contribution < 1.29 is 22.0 Å². The predicted octanol–water partition coefficient (Wildman–Crippen LogP) is 4.06. The third-order valence-electron chi connectivity index (χ3n) is 1.82. The molecule has 0 saturated carbocycles. The maximum Gasteiger partial charge on any atom is 0.418 e. The summed E-state index contributed by atoms with van der Waals surface area (Å²) in [6.45, 7) is 0.984. The van der Waals surface area contributed by atoms with E-state index in [1.807, 2.05) is 0 Å². The molecule has 0 heterocycles. The van der Waals surface area contributed by atoms with Gasteiger partial charge in [0.2, 0.25) is 0 Å². The van der Waals surface area contributed by atoms with E-state index < -0.39 is 29.6 Å². The van der Waals surface area contributed by atoms with E-state index >= 15 is 0 Å². The molecule has 0 saturated heterocycles. The van der Waals surface area contributed by atoms with E-state index in [1.54, 1.807) is 0 Å². The van der Waals surface area contributed by atoms with E-state index in [0.29, 0.717) is 0 Å². The highest BCUT2D eigenvalue weighted by molar-refractivity contribution is 5.87. The van der Waals surface area contributed by atoms with Crippen LogP contribution in [0.15, 0.2) is 29.3 Å². The molecule has 1 aromatic carbocycles. The van der Waals surface area contributed by atoms with Gasteiger partial charge in [-0.15, -0.1) is 0 Å². The lowest BCUT2D eigenvalue weighted by Crippen LogP contribution is -2.08. The zero-order valence-electron chi connectivity index (χ0n) is 8.22. The van der Waals surface area contributed by atoms with E-state index in [4.69, 9.17) is 0 Å². The molecule has 0 spiro atoms. The molecule has 0 aliphatic carbocycles. The molecule has 88 valence electrons.